The van der Waals surface area contributed by atoms with Crippen molar-refractivity contribution in [3.63, 3.8) is 0 Å². The molecule has 0 aromatic heterocycles. The van der Waals surface area contributed by atoms with Crippen molar-refractivity contribution in [1.29, 1.82) is 0 Å². The fourth-order valence-corrected chi connectivity index (χ4v) is 3.75. The number of nitrogen functional groups attached to an aromatic ring is 2. The number of hydrogen-bond acceptors (Lipinski definition) is 2. The maximum absolute atomic E-state index is 5.61. The number of rotatable bonds is 2. The molecule has 0 aliphatic heterocycles. The van der Waals surface area contributed by atoms with Crippen molar-refractivity contribution in [2.45, 2.75) is 0 Å². The lowest BCUT2D eigenvalue weighted by Gasteiger charge is -2.02. The van der Waals surface area contributed by atoms with Crippen LogP contribution in [-0.2, 0) is 0 Å². The van der Waals surface area contributed by atoms with Crippen molar-refractivity contribution in [1.82, 2.24) is 0 Å². The normalized spacial score (nSPS) is 9.89. The smallest absolute Gasteiger partial charge is 0.0314 e. The Hall–Kier alpha value is -4.82. The molecule has 0 atom stereocenters. The number of hydrogen-bond donors (Lipinski definition) is 2. The van der Waals surface area contributed by atoms with E-state index in [4.69, 9.17) is 11.5 Å². The van der Waals surface area contributed by atoms with Gasteiger partial charge in [0, 0.05) is 11.4 Å². The van der Waals surface area contributed by atoms with Crippen LogP contribution in [0.15, 0.2) is 158 Å². The van der Waals surface area contributed by atoms with Crippen molar-refractivity contribution in [3.05, 3.63) is 158 Å². The fourth-order valence-electron chi connectivity index (χ4n) is 3.75. The highest BCUT2D eigenvalue weighted by Crippen LogP contribution is 2.21. The first kappa shape index (κ1) is 24.3. The van der Waals surface area contributed by atoms with Crippen LogP contribution in [-0.4, -0.2) is 0 Å². The van der Waals surface area contributed by atoms with E-state index < -0.39 is 0 Å². The third-order valence-electron chi connectivity index (χ3n) is 5.69. The molecular weight excluding hydrogens is 436 g/mol. The lowest BCUT2D eigenvalue weighted by atomic mass is 10.1. The molecule has 0 spiro atoms. The first-order valence-electron chi connectivity index (χ1n) is 11.9. The highest BCUT2D eigenvalue weighted by Gasteiger charge is 1.96. The van der Waals surface area contributed by atoms with Crippen molar-refractivity contribution in [3.8, 4) is 22.3 Å². The molecule has 0 fully saturated rings. The SMILES string of the molecule is Nc1ccc(-c2ccc(N)cc2)cc1.c1ccc(-c2ccccc2)cc1.c1ccc2ccccc2c1. The molecule has 6 aromatic rings. The maximum Gasteiger partial charge on any atom is 0.0314 e. The quantitative estimate of drug-likeness (QED) is 0.251. The molecule has 0 unspecified atom stereocenters. The van der Waals surface area contributed by atoms with Gasteiger partial charge >= 0.3 is 0 Å². The fraction of sp³-hybridized carbons (Fsp3) is 0. The second kappa shape index (κ2) is 12.6. The molecular formula is C34H30N2. The van der Waals surface area contributed by atoms with Gasteiger partial charge in [-0.25, -0.2) is 0 Å². The molecule has 6 aromatic carbocycles. The zero-order valence-electron chi connectivity index (χ0n) is 20.2. The lowest BCUT2D eigenvalue weighted by molar-refractivity contribution is 1.61. The third kappa shape index (κ3) is 7.09. The molecule has 0 aliphatic rings. The van der Waals surface area contributed by atoms with Crippen LogP contribution in [0.1, 0.15) is 0 Å². The van der Waals surface area contributed by atoms with Crippen molar-refractivity contribution in [2.75, 3.05) is 11.5 Å². The number of fused-ring (bicyclic) bond motifs is 1. The zero-order chi connectivity index (χ0) is 25.0. The van der Waals surface area contributed by atoms with Crippen LogP contribution in [0.5, 0.6) is 0 Å². The zero-order valence-corrected chi connectivity index (χ0v) is 20.2. The van der Waals surface area contributed by atoms with Gasteiger partial charge < -0.3 is 11.5 Å². The number of anilines is 2. The van der Waals surface area contributed by atoms with E-state index in [1.165, 1.54) is 21.9 Å². The molecule has 2 nitrogen and oxygen atoms in total. The molecule has 0 bridgehead atoms. The molecule has 176 valence electrons. The van der Waals surface area contributed by atoms with E-state index in [1.54, 1.807) is 0 Å². The van der Waals surface area contributed by atoms with Crippen LogP contribution in [0.25, 0.3) is 33.0 Å². The average molecular weight is 467 g/mol. The van der Waals surface area contributed by atoms with Gasteiger partial charge in [-0.1, -0.05) is 133 Å². The average Bonchev–Trinajstić information content (AvgIpc) is 2.96. The first-order chi connectivity index (χ1) is 17.7. The van der Waals surface area contributed by atoms with Crippen molar-refractivity contribution >= 4 is 22.1 Å². The summed E-state index contributed by atoms with van der Waals surface area (Å²) in [5.74, 6) is 0. The summed E-state index contributed by atoms with van der Waals surface area (Å²) in [4.78, 5) is 0. The summed E-state index contributed by atoms with van der Waals surface area (Å²) in [5.41, 5.74) is 17.6. The Kier molecular flexibility index (Phi) is 8.50. The standard InChI is InChI=1S/C12H12N2.C12H10.C10H8/c13-11-5-1-9(2-6-11)10-3-7-12(14)8-4-10;1-3-7-11(8-4-1)12-9-5-2-6-10-12;1-2-6-10-8-4-3-7-9(10)5-1/h1-8H,13-14H2;1-10H;1-8H. The molecule has 0 amide bonds. The van der Waals surface area contributed by atoms with E-state index in [2.05, 4.69) is 97.1 Å². The third-order valence-corrected chi connectivity index (χ3v) is 5.69. The number of benzene rings is 6. The van der Waals surface area contributed by atoms with Crippen LogP contribution in [0.2, 0.25) is 0 Å². The monoisotopic (exact) mass is 466 g/mol. The van der Waals surface area contributed by atoms with E-state index in [0.717, 1.165) is 22.5 Å². The summed E-state index contributed by atoms with van der Waals surface area (Å²) < 4.78 is 0. The van der Waals surface area contributed by atoms with Crippen LogP contribution in [0, 0.1) is 0 Å². The molecule has 0 radical (unpaired) electrons. The van der Waals surface area contributed by atoms with E-state index in [9.17, 15) is 0 Å². The summed E-state index contributed by atoms with van der Waals surface area (Å²) >= 11 is 0. The van der Waals surface area contributed by atoms with Gasteiger partial charge in [0.15, 0.2) is 0 Å². The molecule has 0 aliphatic carbocycles. The minimum absolute atomic E-state index is 0.782. The van der Waals surface area contributed by atoms with Crippen LogP contribution >= 0.6 is 0 Å². The van der Waals surface area contributed by atoms with Crippen LogP contribution < -0.4 is 11.5 Å². The van der Waals surface area contributed by atoms with E-state index in [1.807, 2.05) is 60.7 Å². The van der Waals surface area contributed by atoms with Gasteiger partial charge in [-0.05, 0) is 57.3 Å². The summed E-state index contributed by atoms with van der Waals surface area (Å²) in [7, 11) is 0. The largest absolute Gasteiger partial charge is 0.399 e. The van der Waals surface area contributed by atoms with Gasteiger partial charge in [0.25, 0.3) is 0 Å². The van der Waals surface area contributed by atoms with Gasteiger partial charge in [-0.2, -0.15) is 0 Å². The van der Waals surface area contributed by atoms with Crippen LogP contribution in [0.4, 0.5) is 11.4 Å². The van der Waals surface area contributed by atoms with Gasteiger partial charge in [-0.3, -0.25) is 0 Å². The molecule has 0 saturated carbocycles. The Morgan fingerprint density at radius 3 is 0.806 bits per heavy atom. The second-order valence-corrected chi connectivity index (χ2v) is 8.32. The van der Waals surface area contributed by atoms with E-state index >= 15 is 0 Å². The van der Waals surface area contributed by atoms with Crippen molar-refractivity contribution in [2.24, 2.45) is 0 Å². The Balaban J connectivity index is 0.000000128. The first-order valence-corrected chi connectivity index (χ1v) is 11.9. The molecule has 0 heterocycles. The predicted molar refractivity (Wildman–Crippen MR) is 157 cm³/mol. The minimum atomic E-state index is 0.782. The minimum Gasteiger partial charge on any atom is -0.399 e. The molecule has 6 rings (SSSR count). The topological polar surface area (TPSA) is 52.0 Å². The summed E-state index contributed by atoms with van der Waals surface area (Å²) in [6.45, 7) is 0. The lowest BCUT2D eigenvalue weighted by Crippen LogP contribution is -1.85. The second-order valence-electron chi connectivity index (χ2n) is 8.32. The number of nitrogens with two attached hydrogens (primary N) is 2. The Bertz CT molecular complexity index is 1310. The highest BCUT2D eigenvalue weighted by atomic mass is 14.5. The van der Waals surface area contributed by atoms with Gasteiger partial charge in [0.05, 0.1) is 0 Å². The van der Waals surface area contributed by atoms with Crippen molar-refractivity contribution < 1.29 is 0 Å². The Labute approximate surface area is 213 Å². The molecule has 0 saturated heterocycles. The van der Waals surface area contributed by atoms with Gasteiger partial charge in [-0.15, -0.1) is 0 Å². The summed E-state index contributed by atoms with van der Waals surface area (Å²) in [5, 5.41) is 2.62. The Morgan fingerprint density at radius 2 is 0.500 bits per heavy atom. The molecule has 36 heavy (non-hydrogen) atoms. The van der Waals surface area contributed by atoms with E-state index in [0.29, 0.717) is 0 Å². The molecule has 2 heteroatoms. The van der Waals surface area contributed by atoms with Gasteiger partial charge in [0.1, 0.15) is 0 Å². The van der Waals surface area contributed by atoms with Crippen LogP contribution in [0.3, 0.4) is 0 Å². The van der Waals surface area contributed by atoms with E-state index in [-0.39, 0.29) is 0 Å². The highest BCUT2D eigenvalue weighted by molar-refractivity contribution is 5.82. The Morgan fingerprint density at radius 1 is 0.250 bits per heavy atom. The predicted octanol–water partition coefficient (Wildman–Crippen LogP) is 8.71. The summed E-state index contributed by atoms with van der Waals surface area (Å²) in [6, 6.07) is 53.1. The summed E-state index contributed by atoms with van der Waals surface area (Å²) in [6.07, 6.45) is 0. The molecule has 4 N–H and O–H groups in total. The maximum atomic E-state index is 5.61. The van der Waals surface area contributed by atoms with Gasteiger partial charge in [0.2, 0.25) is 0 Å².